The van der Waals surface area contributed by atoms with Crippen LogP contribution in [0.15, 0.2) is 83.7 Å². The van der Waals surface area contributed by atoms with Crippen molar-refractivity contribution in [2.75, 3.05) is 5.75 Å². The maximum absolute atomic E-state index is 10.8. The first-order valence-corrected chi connectivity index (χ1v) is 12.1. The van der Waals surface area contributed by atoms with Gasteiger partial charge in [-0.25, -0.2) is 4.98 Å². The molecular formula is C26H19ClN6OS. The third kappa shape index (κ3) is 4.64. The van der Waals surface area contributed by atoms with Gasteiger partial charge in [0.2, 0.25) is 0 Å². The van der Waals surface area contributed by atoms with Crippen LogP contribution in [0.5, 0.6) is 0 Å². The van der Waals surface area contributed by atoms with Gasteiger partial charge in [-0.2, -0.15) is 5.26 Å². The predicted octanol–water partition coefficient (Wildman–Crippen LogP) is 6.36. The van der Waals surface area contributed by atoms with Crippen molar-refractivity contribution in [3.05, 3.63) is 95.0 Å². The third-order valence-electron chi connectivity index (χ3n) is 5.36. The molecule has 0 aliphatic carbocycles. The van der Waals surface area contributed by atoms with Gasteiger partial charge in [0.25, 0.3) is 0 Å². The Morgan fingerprint density at radius 1 is 1.09 bits per heavy atom. The number of nitrogens with one attached hydrogen (secondary N) is 1. The van der Waals surface area contributed by atoms with E-state index in [1.54, 1.807) is 12.1 Å². The first-order valence-electron chi connectivity index (χ1n) is 10.7. The maximum atomic E-state index is 10.8. The monoisotopic (exact) mass is 498 g/mol. The van der Waals surface area contributed by atoms with Gasteiger partial charge in [-0.15, -0.1) is 10.2 Å². The number of aromatic nitrogens is 5. The fraction of sp³-hybridized carbons (Fsp3) is 0.0769. The molecule has 5 rings (SSSR count). The molecular weight excluding hydrogens is 480 g/mol. The van der Waals surface area contributed by atoms with Gasteiger partial charge in [-0.05, 0) is 61.0 Å². The average Bonchev–Trinajstić information content (AvgIpc) is 3.48. The lowest BCUT2D eigenvalue weighted by Crippen LogP contribution is -2.01. The Hall–Kier alpha value is -4.06. The number of aryl methyl sites for hydroxylation is 1. The summed E-state index contributed by atoms with van der Waals surface area (Å²) in [7, 11) is 0. The molecule has 0 unspecified atom stereocenters. The molecule has 0 saturated heterocycles. The zero-order valence-corrected chi connectivity index (χ0v) is 20.2. The van der Waals surface area contributed by atoms with Gasteiger partial charge in [0.05, 0.1) is 16.8 Å². The number of nitriles is 1. The van der Waals surface area contributed by atoms with Gasteiger partial charge >= 0.3 is 0 Å². The second-order valence-electron chi connectivity index (χ2n) is 7.81. The molecule has 0 fully saturated rings. The molecule has 3 aromatic carbocycles. The zero-order valence-electron chi connectivity index (χ0n) is 18.6. The molecule has 35 heavy (non-hydrogen) atoms. The number of H-pyrrole nitrogens is 1. The Labute approximate surface area is 210 Å². The first kappa shape index (κ1) is 22.7. The molecule has 0 amide bonds. The zero-order chi connectivity index (χ0) is 24.4. The molecule has 172 valence electrons. The van der Waals surface area contributed by atoms with Gasteiger partial charge in [0, 0.05) is 16.3 Å². The highest BCUT2D eigenvalue weighted by Crippen LogP contribution is 2.30. The summed E-state index contributed by atoms with van der Waals surface area (Å²) >= 11 is 7.35. The topological polar surface area (TPSA) is 103 Å². The number of aliphatic hydroxyl groups excluding tert-OH is 1. The molecule has 0 bridgehead atoms. The average molecular weight is 499 g/mol. The number of fused-ring (bicyclic) bond motifs is 1. The van der Waals surface area contributed by atoms with Crippen molar-refractivity contribution < 1.29 is 5.11 Å². The van der Waals surface area contributed by atoms with E-state index in [0.29, 0.717) is 21.8 Å². The minimum absolute atomic E-state index is 0.0910. The van der Waals surface area contributed by atoms with E-state index in [-0.39, 0.29) is 17.1 Å². The largest absolute Gasteiger partial charge is 0.510 e. The fourth-order valence-electron chi connectivity index (χ4n) is 3.68. The maximum Gasteiger partial charge on any atom is 0.196 e. The minimum atomic E-state index is -0.0941. The Bertz CT molecular complexity index is 1560. The molecule has 2 heterocycles. The van der Waals surface area contributed by atoms with Crippen LogP contribution in [-0.4, -0.2) is 35.6 Å². The van der Waals surface area contributed by atoms with Crippen LogP contribution < -0.4 is 0 Å². The standard InChI is InChI=1S/C26H19ClN6OS/c1-16-5-4-6-19(13-16)33-25(17-9-11-18(27)12-10-17)31-32-26(33)35-15-23(34)20(14-28)24-29-21-7-2-3-8-22(21)30-24/h2-13,34H,15H2,1H3,(H,29,30). The highest BCUT2D eigenvalue weighted by molar-refractivity contribution is 7.99. The Kier molecular flexibility index (Phi) is 6.27. The smallest absolute Gasteiger partial charge is 0.196 e. The predicted molar refractivity (Wildman–Crippen MR) is 139 cm³/mol. The van der Waals surface area contributed by atoms with Crippen molar-refractivity contribution >= 4 is 40.0 Å². The van der Waals surface area contributed by atoms with Crippen LogP contribution in [0.1, 0.15) is 11.4 Å². The molecule has 2 N–H and O–H groups in total. The van der Waals surface area contributed by atoms with Gasteiger partial charge in [0.1, 0.15) is 17.4 Å². The van der Waals surface area contributed by atoms with Gasteiger partial charge in [0.15, 0.2) is 16.8 Å². The van der Waals surface area contributed by atoms with Crippen LogP contribution >= 0.6 is 23.4 Å². The van der Waals surface area contributed by atoms with Crippen molar-refractivity contribution in [3.8, 4) is 23.1 Å². The first-order chi connectivity index (χ1) is 17.0. The number of nitrogens with zero attached hydrogens (tertiary/aromatic N) is 5. The van der Waals surface area contributed by atoms with Gasteiger partial charge < -0.3 is 10.1 Å². The lowest BCUT2D eigenvalue weighted by atomic mass is 10.2. The van der Waals surface area contributed by atoms with E-state index in [0.717, 1.165) is 27.8 Å². The summed E-state index contributed by atoms with van der Waals surface area (Å²) in [4.78, 5) is 7.53. The van der Waals surface area contributed by atoms with Crippen molar-refractivity contribution in [2.45, 2.75) is 12.1 Å². The van der Waals surface area contributed by atoms with Crippen molar-refractivity contribution in [1.29, 1.82) is 5.26 Å². The van der Waals surface area contributed by atoms with E-state index >= 15 is 0 Å². The number of benzene rings is 3. The normalized spacial score (nSPS) is 11.9. The third-order valence-corrected chi connectivity index (χ3v) is 6.55. The molecule has 2 aromatic heterocycles. The molecule has 0 radical (unpaired) electrons. The van der Waals surface area contributed by atoms with Crippen LogP contribution in [-0.2, 0) is 0 Å². The van der Waals surface area contributed by atoms with Crippen LogP contribution in [0.4, 0.5) is 0 Å². The van der Waals surface area contributed by atoms with Crippen molar-refractivity contribution in [3.63, 3.8) is 0 Å². The Morgan fingerprint density at radius 2 is 1.89 bits per heavy atom. The SMILES string of the molecule is Cc1cccc(-n2c(SCC(O)=C(C#N)c3nc4ccccc4[nH]3)nnc2-c2ccc(Cl)cc2)c1. The summed E-state index contributed by atoms with van der Waals surface area (Å²) < 4.78 is 1.93. The lowest BCUT2D eigenvalue weighted by Gasteiger charge is -2.11. The number of imidazole rings is 1. The van der Waals surface area contributed by atoms with Crippen LogP contribution in [0.25, 0.3) is 33.7 Å². The van der Waals surface area contributed by atoms with Crippen molar-refractivity contribution in [2.24, 2.45) is 0 Å². The minimum Gasteiger partial charge on any atom is -0.510 e. The Morgan fingerprint density at radius 3 is 2.63 bits per heavy atom. The summed E-state index contributed by atoms with van der Waals surface area (Å²) in [5.74, 6) is 0.998. The number of aliphatic hydroxyl groups is 1. The van der Waals surface area contributed by atoms with Crippen LogP contribution in [0.3, 0.4) is 0 Å². The highest BCUT2D eigenvalue weighted by Gasteiger charge is 2.19. The number of halogens is 1. The van der Waals surface area contributed by atoms with E-state index in [1.807, 2.05) is 72.2 Å². The number of allylic oxidation sites excluding steroid dienone is 1. The molecule has 0 spiro atoms. The van der Waals surface area contributed by atoms with Crippen LogP contribution in [0, 0.1) is 18.3 Å². The summed E-state index contributed by atoms with van der Waals surface area (Å²) in [6.07, 6.45) is 0. The van der Waals surface area contributed by atoms with E-state index in [2.05, 4.69) is 26.2 Å². The van der Waals surface area contributed by atoms with E-state index in [1.165, 1.54) is 11.8 Å². The summed E-state index contributed by atoms with van der Waals surface area (Å²) in [6.45, 7) is 2.02. The molecule has 7 nitrogen and oxygen atoms in total. The fourth-order valence-corrected chi connectivity index (χ4v) is 4.64. The molecule has 0 aliphatic heterocycles. The number of aromatic amines is 1. The molecule has 0 atom stereocenters. The molecule has 9 heteroatoms. The van der Waals surface area contributed by atoms with E-state index in [4.69, 9.17) is 11.6 Å². The number of hydrogen-bond donors (Lipinski definition) is 2. The summed E-state index contributed by atoms with van der Waals surface area (Å²) in [6, 6.07) is 24.9. The summed E-state index contributed by atoms with van der Waals surface area (Å²) in [5.41, 5.74) is 4.45. The van der Waals surface area contributed by atoms with E-state index in [9.17, 15) is 10.4 Å². The second kappa shape index (κ2) is 9.66. The quantitative estimate of drug-likeness (QED) is 0.160. The van der Waals surface area contributed by atoms with Gasteiger partial charge in [-0.1, -0.05) is 47.6 Å². The number of rotatable bonds is 6. The Balaban J connectivity index is 1.51. The van der Waals surface area contributed by atoms with E-state index < -0.39 is 0 Å². The number of thioether (sulfide) groups is 1. The molecule has 0 saturated carbocycles. The van der Waals surface area contributed by atoms with Crippen molar-refractivity contribution in [1.82, 2.24) is 24.7 Å². The summed E-state index contributed by atoms with van der Waals surface area (Å²) in [5, 5.41) is 30.6. The number of para-hydroxylation sites is 2. The van der Waals surface area contributed by atoms with Crippen LogP contribution in [0.2, 0.25) is 5.02 Å². The number of hydrogen-bond acceptors (Lipinski definition) is 6. The lowest BCUT2D eigenvalue weighted by molar-refractivity contribution is 0.420. The molecule has 5 aromatic rings. The highest BCUT2D eigenvalue weighted by atomic mass is 35.5. The molecule has 0 aliphatic rings. The van der Waals surface area contributed by atoms with Gasteiger partial charge in [-0.3, -0.25) is 4.57 Å². The second-order valence-corrected chi connectivity index (χ2v) is 9.19.